The van der Waals surface area contributed by atoms with Crippen LogP contribution in [0.25, 0.3) is 0 Å². The zero-order chi connectivity index (χ0) is 14.7. The third-order valence-corrected chi connectivity index (χ3v) is 4.16. The topological polar surface area (TPSA) is 58.4 Å². The molecule has 0 radical (unpaired) electrons. The van der Waals surface area contributed by atoms with Crippen LogP contribution in [0.4, 0.5) is 5.69 Å². The van der Waals surface area contributed by atoms with Crippen molar-refractivity contribution in [3.05, 3.63) is 29.3 Å². The molecule has 118 valence electrons. The first-order valence-electron chi connectivity index (χ1n) is 7.28. The lowest BCUT2D eigenvalue weighted by Crippen LogP contribution is -2.43. The second-order valence-electron chi connectivity index (χ2n) is 5.90. The third-order valence-electron chi connectivity index (χ3n) is 4.16. The maximum absolute atomic E-state index is 12.1. The number of anilines is 1. The average Bonchev–Trinajstić information content (AvgIpc) is 3.19. The SMILES string of the molecule is Cc1ccc(NC(=O)CN(C)C(CN)C2CC2)cc1C.Cl. The molecule has 0 aromatic heterocycles. The Morgan fingerprint density at radius 2 is 2.05 bits per heavy atom. The fourth-order valence-electron chi connectivity index (χ4n) is 2.58. The van der Waals surface area contributed by atoms with Crippen LogP contribution < -0.4 is 11.1 Å². The van der Waals surface area contributed by atoms with Crippen molar-refractivity contribution in [2.45, 2.75) is 32.7 Å². The molecule has 1 aromatic carbocycles. The lowest BCUT2D eigenvalue weighted by Gasteiger charge is -2.26. The molecular formula is C16H26ClN3O. The minimum atomic E-state index is 0. The van der Waals surface area contributed by atoms with Gasteiger partial charge in [-0.2, -0.15) is 0 Å². The first kappa shape index (κ1) is 18.0. The summed E-state index contributed by atoms with van der Waals surface area (Å²) in [6.45, 7) is 5.13. The first-order chi connectivity index (χ1) is 9.51. The van der Waals surface area contributed by atoms with E-state index in [2.05, 4.69) is 24.1 Å². The maximum Gasteiger partial charge on any atom is 0.238 e. The van der Waals surface area contributed by atoms with Crippen molar-refractivity contribution in [3.8, 4) is 0 Å². The summed E-state index contributed by atoms with van der Waals surface area (Å²) in [7, 11) is 1.98. The number of amides is 1. The number of aryl methyl sites for hydroxylation is 2. The van der Waals surface area contributed by atoms with Crippen LogP contribution in [0.5, 0.6) is 0 Å². The summed E-state index contributed by atoms with van der Waals surface area (Å²) in [5.41, 5.74) is 9.09. The summed E-state index contributed by atoms with van der Waals surface area (Å²) >= 11 is 0. The molecule has 0 bridgehead atoms. The molecule has 1 amide bonds. The van der Waals surface area contributed by atoms with Crippen molar-refractivity contribution in [2.24, 2.45) is 11.7 Å². The van der Waals surface area contributed by atoms with E-state index in [1.54, 1.807) is 0 Å². The van der Waals surface area contributed by atoms with E-state index >= 15 is 0 Å². The van der Waals surface area contributed by atoms with Gasteiger partial charge < -0.3 is 11.1 Å². The molecule has 21 heavy (non-hydrogen) atoms. The van der Waals surface area contributed by atoms with Crippen molar-refractivity contribution in [1.82, 2.24) is 4.90 Å². The normalized spacial score (nSPS) is 15.5. The van der Waals surface area contributed by atoms with Crippen LogP contribution in [0.3, 0.4) is 0 Å². The summed E-state index contributed by atoms with van der Waals surface area (Å²) in [5.74, 6) is 0.703. The predicted octanol–water partition coefficient (Wildman–Crippen LogP) is 2.33. The Balaban J connectivity index is 0.00000220. The highest BCUT2D eigenvalue weighted by Gasteiger charge is 2.33. The number of carbonyl (C=O) groups excluding carboxylic acids is 1. The highest BCUT2D eigenvalue weighted by molar-refractivity contribution is 5.92. The fourth-order valence-corrected chi connectivity index (χ4v) is 2.58. The van der Waals surface area contributed by atoms with E-state index in [0.717, 1.165) is 5.69 Å². The number of rotatable bonds is 6. The third kappa shape index (κ3) is 4.99. The highest BCUT2D eigenvalue weighted by atomic mass is 35.5. The number of hydrogen-bond acceptors (Lipinski definition) is 3. The molecular weight excluding hydrogens is 286 g/mol. The van der Waals surface area contributed by atoms with Crippen LogP contribution in [0.15, 0.2) is 18.2 Å². The van der Waals surface area contributed by atoms with Gasteiger partial charge in [0, 0.05) is 18.3 Å². The number of nitrogens with two attached hydrogens (primary N) is 1. The molecule has 0 aliphatic heterocycles. The molecule has 1 aromatic rings. The van der Waals surface area contributed by atoms with Crippen molar-refractivity contribution in [2.75, 3.05) is 25.5 Å². The van der Waals surface area contributed by atoms with Crippen LogP contribution in [-0.2, 0) is 4.79 Å². The van der Waals surface area contributed by atoms with Crippen LogP contribution in [-0.4, -0.2) is 37.0 Å². The zero-order valence-corrected chi connectivity index (χ0v) is 13.9. The van der Waals surface area contributed by atoms with Crippen LogP contribution in [0.1, 0.15) is 24.0 Å². The number of likely N-dealkylation sites (N-methyl/N-ethyl adjacent to an activating group) is 1. The van der Waals surface area contributed by atoms with Gasteiger partial charge in [-0.05, 0) is 62.9 Å². The van der Waals surface area contributed by atoms with Gasteiger partial charge in [0.1, 0.15) is 0 Å². The van der Waals surface area contributed by atoms with E-state index in [0.29, 0.717) is 25.0 Å². The van der Waals surface area contributed by atoms with E-state index in [4.69, 9.17) is 5.73 Å². The molecule has 5 heteroatoms. The highest BCUT2D eigenvalue weighted by Crippen LogP contribution is 2.34. The summed E-state index contributed by atoms with van der Waals surface area (Å²) in [4.78, 5) is 14.2. The van der Waals surface area contributed by atoms with Gasteiger partial charge in [0.15, 0.2) is 0 Å². The van der Waals surface area contributed by atoms with E-state index < -0.39 is 0 Å². The minimum Gasteiger partial charge on any atom is -0.329 e. The van der Waals surface area contributed by atoms with Gasteiger partial charge in [0.25, 0.3) is 0 Å². The van der Waals surface area contributed by atoms with Crippen molar-refractivity contribution in [1.29, 1.82) is 0 Å². The van der Waals surface area contributed by atoms with Gasteiger partial charge in [-0.3, -0.25) is 9.69 Å². The van der Waals surface area contributed by atoms with Crippen molar-refractivity contribution < 1.29 is 4.79 Å². The first-order valence-corrected chi connectivity index (χ1v) is 7.28. The number of nitrogens with zero attached hydrogens (tertiary/aromatic N) is 1. The minimum absolute atomic E-state index is 0. The van der Waals surface area contributed by atoms with Crippen LogP contribution >= 0.6 is 12.4 Å². The molecule has 1 saturated carbocycles. The Morgan fingerprint density at radius 1 is 1.38 bits per heavy atom. The lowest BCUT2D eigenvalue weighted by atomic mass is 10.1. The predicted molar refractivity (Wildman–Crippen MR) is 90.0 cm³/mol. The van der Waals surface area contributed by atoms with Crippen molar-refractivity contribution >= 4 is 24.0 Å². The van der Waals surface area contributed by atoms with Gasteiger partial charge in [-0.1, -0.05) is 6.07 Å². The van der Waals surface area contributed by atoms with Gasteiger partial charge in [0.05, 0.1) is 6.54 Å². The van der Waals surface area contributed by atoms with E-state index in [1.807, 2.05) is 25.2 Å². The van der Waals surface area contributed by atoms with Gasteiger partial charge in [0.2, 0.25) is 5.91 Å². The van der Waals surface area contributed by atoms with Crippen LogP contribution in [0, 0.1) is 19.8 Å². The molecule has 0 heterocycles. The van der Waals surface area contributed by atoms with Gasteiger partial charge in [-0.25, -0.2) is 0 Å². The molecule has 1 aliphatic carbocycles. The van der Waals surface area contributed by atoms with Crippen LogP contribution in [0.2, 0.25) is 0 Å². The Hall–Kier alpha value is -1.10. The Labute approximate surface area is 133 Å². The number of halogens is 1. The smallest absolute Gasteiger partial charge is 0.238 e. The van der Waals surface area contributed by atoms with E-state index in [1.165, 1.54) is 24.0 Å². The second kappa shape index (κ2) is 7.78. The molecule has 4 nitrogen and oxygen atoms in total. The molecule has 1 atom stereocenters. The lowest BCUT2D eigenvalue weighted by molar-refractivity contribution is -0.117. The standard InChI is InChI=1S/C16H25N3O.ClH/c1-11-4-7-14(8-12(11)2)18-16(20)10-19(3)15(9-17)13-5-6-13;/h4,7-8,13,15H,5-6,9-10,17H2,1-3H3,(H,18,20);1H. The number of hydrogen-bond donors (Lipinski definition) is 2. The fraction of sp³-hybridized carbons (Fsp3) is 0.562. The molecule has 1 fully saturated rings. The molecule has 1 unspecified atom stereocenters. The monoisotopic (exact) mass is 311 g/mol. The van der Waals surface area contributed by atoms with Crippen molar-refractivity contribution in [3.63, 3.8) is 0 Å². The zero-order valence-electron chi connectivity index (χ0n) is 13.1. The summed E-state index contributed by atoms with van der Waals surface area (Å²) < 4.78 is 0. The Bertz CT molecular complexity index is 488. The van der Waals surface area contributed by atoms with E-state index in [-0.39, 0.29) is 18.3 Å². The maximum atomic E-state index is 12.1. The van der Waals surface area contributed by atoms with E-state index in [9.17, 15) is 4.79 Å². The molecule has 2 rings (SSSR count). The summed E-state index contributed by atoms with van der Waals surface area (Å²) in [6, 6.07) is 6.32. The molecule has 1 aliphatic rings. The second-order valence-corrected chi connectivity index (χ2v) is 5.90. The number of nitrogens with one attached hydrogen (secondary N) is 1. The number of carbonyl (C=O) groups is 1. The quantitative estimate of drug-likeness (QED) is 0.848. The average molecular weight is 312 g/mol. The molecule has 0 saturated heterocycles. The largest absolute Gasteiger partial charge is 0.329 e. The van der Waals surface area contributed by atoms with Gasteiger partial charge in [-0.15, -0.1) is 12.4 Å². The molecule has 3 N–H and O–H groups in total. The number of benzene rings is 1. The summed E-state index contributed by atoms with van der Waals surface area (Å²) in [5, 5.41) is 2.96. The van der Waals surface area contributed by atoms with Gasteiger partial charge >= 0.3 is 0 Å². The Kier molecular flexibility index (Phi) is 6.65. The summed E-state index contributed by atoms with van der Waals surface area (Å²) in [6.07, 6.45) is 2.48. The molecule has 0 spiro atoms. The Morgan fingerprint density at radius 3 is 2.57 bits per heavy atom.